The Hall–Kier alpha value is -2.15. The number of carbonyl (C=O) groups is 1. The fourth-order valence-electron chi connectivity index (χ4n) is 2.71. The van der Waals surface area contributed by atoms with Crippen LogP contribution in [0.15, 0.2) is 36.5 Å². The molecule has 2 heterocycles. The minimum absolute atomic E-state index is 0.262. The summed E-state index contributed by atoms with van der Waals surface area (Å²) in [7, 11) is 0. The molecule has 1 fully saturated rings. The van der Waals surface area contributed by atoms with E-state index >= 15 is 0 Å². The van der Waals surface area contributed by atoms with Crippen LogP contribution in [-0.2, 0) is 4.74 Å². The van der Waals surface area contributed by atoms with Gasteiger partial charge in [0.15, 0.2) is 0 Å². The summed E-state index contributed by atoms with van der Waals surface area (Å²) in [5, 5.41) is 6.79. The van der Waals surface area contributed by atoms with Crippen LogP contribution < -0.4 is 10.6 Å². The second-order valence-corrected chi connectivity index (χ2v) is 6.64. The molecule has 7 heteroatoms. The van der Waals surface area contributed by atoms with Crippen LogP contribution in [0.4, 0.5) is 11.4 Å². The van der Waals surface area contributed by atoms with Crippen LogP contribution in [0.25, 0.3) is 0 Å². The SMILES string of the molecule is Cc1ccc(NC(=O)c2cc(NCCN3CCOCC3)ccn2)cc1Cl. The minimum Gasteiger partial charge on any atom is -0.384 e. The highest BCUT2D eigenvalue weighted by molar-refractivity contribution is 6.31. The van der Waals surface area contributed by atoms with Crippen LogP contribution >= 0.6 is 11.6 Å². The molecule has 0 saturated carbocycles. The summed E-state index contributed by atoms with van der Waals surface area (Å²) in [5.41, 5.74) is 2.85. The van der Waals surface area contributed by atoms with Gasteiger partial charge in [0.2, 0.25) is 0 Å². The highest BCUT2D eigenvalue weighted by atomic mass is 35.5. The summed E-state index contributed by atoms with van der Waals surface area (Å²) < 4.78 is 5.35. The number of benzene rings is 1. The Morgan fingerprint density at radius 1 is 1.23 bits per heavy atom. The van der Waals surface area contributed by atoms with E-state index in [2.05, 4.69) is 20.5 Å². The van der Waals surface area contributed by atoms with Gasteiger partial charge in [-0.05, 0) is 36.8 Å². The Balaban J connectivity index is 1.55. The molecule has 1 aliphatic heterocycles. The zero-order valence-electron chi connectivity index (χ0n) is 14.8. The summed E-state index contributed by atoms with van der Waals surface area (Å²) in [4.78, 5) is 18.9. The molecule has 0 spiro atoms. The zero-order valence-corrected chi connectivity index (χ0v) is 15.6. The molecule has 0 aliphatic carbocycles. The lowest BCUT2D eigenvalue weighted by Gasteiger charge is -2.26. The second kappa shape index (κ2) is 8.98. The first-order chi connectivity index (χ1) is 12.6. The van der Waals surface area contributed by atoms with Crippen molar-refractivity contribution in [2.45, 2.75) is 6.92 Å². The molecule has 1 saturated heterocycles. The van der Waals surface area contributed by atoms with Gasteiger partial charge < -0.3 is 15.4 Å². The van der Waals surface area contributed by atoms with Gasteiger partial charge in [-0.15, -0.1) is 0 Å². The Morgan fingerprint density at radius 3 is 2.81 bits per heavy atom. The standard InChI is InChI=1S/C19H23ClN4O2/c1-14-2-3-16(12-17(14)20)23-19(25)18-13-15(4-5-22-18)21-6-7-24-8-10-26-11-9-24/h2-5,12-13H,6-11H2,1H3,(H,21,22)(H,23,25). The number of morpholine rings is 1. The zero-order chi connectivity index (χ0) is 18.4. The first kappa shape index (κ1) is 18.6. The molecule has 3 rings (SSSR count). The first-order valence-corrected chi connectivity index (χ1v) is 9.07. The average Bonchev–Trinajstić information content (AvgIpc) is 2.66. The number of aromatic nitrogens is 1. The number of hydrogen-bond donors (Lipinski definition) is 2. The Bertz CT molecular complexity index is 763. The van der Waals surface area contributed by atoms with E-state index in [1.54, 1.807) is 18.3 Å². The van der Waals surface area contributed by atoms with Crippen molar-refractivity contribution in [3.63, 3.8) is 0 Å². The van der Waals surface area contributed by atoms with Crippen molar-refractivity contribution >= 4 is 28.9 Å². The number of aryl methyl sites for hydroxylation is 1. The van der Waals surface area contributed by atoms with Crippen LogP contribution in [-0.4, -0.2) is 55.2 Å². The quantitative estimate of drug-likeness (QED) is 0.813. The molecule has 0 radical (unpaired) electrons. The number of halogens is 1. The maximum atomic E-state index is 12.4. The summed E-state index contributed by atoms with van der Waals surface area (Å²) in [6.07, 6.45) is 1.63. The molecule has 2 aromatic rings. The first-order valence-electron chi connectivity index (χ1n) is 8.69. The minimum atomic E-state index is -0.262. The van der Waals surface area contributed by atoms with E-state index in [9.17, 15) is 4.79 Å². The van der Waals surface area contributed by atoms with Crippen molar-refractivity contribution in [1.29, 1.82) is 0 Å². The lowest BCUT2D eigenvalue weighted by Crippen LogP contribution is -2.39. The number of hydrogen-bond acceptors (Lipinski definition) is 5. The van der Waals surface area contributed by atoms with Crippen molar-refractivity contribution in [2.24, 2.45) is 0 Å². The van der Waals surface area contributed by atoms with Crippen molar-refractivity contribution in [1.82, 2.24) is 9.88 Å². The summed E-state index contributed by atoms with van der Waals surface area (Å²) in [5.74, 6) is -0.262. The molecule has 1 aromatic heterocycles. The Kier molecular flexibility index (Phi) is 6.44. The average molecular weight is 375 g/mol. The number of ether oxygens (including phenoxy) is 1. The van der Waals surface area contributed by atoms with E-state index in [1.807, 2.05) is 25.1 Å². The molecular formula is C19H23ClN4O2. The van der Waals surface area contributed by atoms with Crippen molar-refractivity contribution in [3.05, 3.63) is 52.8 Å². The number of nitrogens with zero attached hydrogens (tertiary/aromatic N) is 2. The van der Waals surface area contributed by atoms with Gasteiger partial charge in [-0.3, -0.25) is 14.7 Å². The summed E-state index contributed by atoms with van der Waals surface area (Å²) in [6, 6.07) is 9.04. The molecule has 1 aliphatic rings. The van der Waals surface area contributed by atoms with Gasteiger partial charge in [-0.1, -0.05) is 17.7 Å². The van der Waals surface area contributed by atoms with Gasteiger partial charge >= 0.3 is 0 Å². The molecule has 26 heavy (non-hydrogen) atoms. The Morgan fingerprint density at radius 2 is 2.04 bits per heavy atom. The molecule has 1 aromatic carbocycles. The number of nitrogens with one attached hydrogen (secondary N) is 2. The molecule has 2 N–H and O–H groups in total. The van der Waals surface area contributed by atoms with Crippen LogP contribution in [0.5, 0.6) is 0 Å². The third-order valence-corrected chi connectivity index (χ3v) is 4.69. The van der Waals surface area contributed by atoms with Crippen molar-refractivity contribution in [2.75, 3.05) is 50.0 Å². The summed E-state index contributed by atoms with van der Waals surface area (Å²) in [6.45, 7) is 7.18. The van der Waals surface area contributed by atoms with E-state index in [-0.39, 0.29) is 5.91 Å². The second-order valence-electron chi connectivity index (χ2n) is 6.23. The van der Waals surface area contributed by atoms with Crippen molar-refractivity contribution in [3.8, 4) is 0 Å². The lowest BCUT2D eigenvalue weighted by molar-refractivity contribution is 0.0398. The molecule has 0 bridgehead atoms. The fourth-order valence-corrected chi connectivity index (χ4v) is 2.89. The number of carbonyl (C=O) groups excluding carboxylic acids is 1. The van der Waals surface area contributed by atoms with Gasteiger partial charge in [-0.2, -0.15) is 0 Å². The largest absolute Gasteiger partial charge is 0.384 e. The lowest BCUT2D eigenvalue weighted by atomic mass is 10.2. The van der Waals surface area contributed by atoms with Crippen molar-refractivity contribution < 1.29 is 9.53 Å². The van der Waals surface area contributed by atoms with E-state index in [0.29, 0.717) is 16.4 Å². The third-order valence-electron chi connectivity index (χ3n) is 4.28. The molecule has 138 valence electrons. The molecule has 0 unspecified atom stereocenters. The normalized spacial score (nSPS) is 14.8. The van der Waals surface area contributed by atoms with Gasteiger partial charge in [0, 0.05) is 48.8 Å². The molecule has 6 nitrogen and oxygen atoms in total. The smallest absolute Gasteiger partial charge is 0.274 e. The Labute approximate surface area is 158 Å². The predicted molar refractivity (Wildman–Crippen MR) is 104 cm³/mol. The number of rotatable bonds is 6. The molecular weight excluding hydrogens is 352 g/mol. The van der Waals surface area contributed by atoms with Gasteiger partial charge in [0.1, 0.15) is 5.69 Å². The van der Waals surface area contributed by atoms with Gasteiger partial charge in [-0.25, -0.2) is 0 Å². The number of pyridine rings is 1. The van der Waals surface area contributed by atoms with Crippen LogP contribution in [0, 0.1) is 6.92 Å². The topological polar surface area (TPSA) is 66.5 Å². The highest BCUT2D eigenvalue weighted by Gasteiger charge is 2.11. The maximum absolute atomic E-state index is 12.4. The van der Waals surface area contributed by atoms with Crippen LogP contribution in [0.1, 0.15) is 16.1 Å². The number of amides is 1. The van der Waals surface area contributed by atoms with E-state index < -0.39 is 0 Å². The number of anilines is 2. The van der Waals surface area contributed by atoms with Crippen LogP contribution in [0.2, 0.25) is 5.02 Å². The monoisotopic (exact) mass is 374 g/mol. The van der Waals surface area contributed by atoms with Gasteiger partial charge in [0.25, 0.3) is 5.91 Å². The molecule has 1 amide bonds. The summed E-state index contributed by atoms with van der Waals surface area (Å²) >= 11 is 6.10. The van der Waals surface area contributed by atoms with Gasteiger partial charge in [0.05, 0.1) is 13.2 Å². The third kappa shape index (κ3) is 5.17. The van der Waals surface area contributed by atoms with E-state index in [1.165, 1.54) is 0 Å². The van der Waals surface area contributed by atoms with Crippen LogP contribution in [0.3, 0.4) is 0 Å². The predicted octanol–water partition coefficient (Wildman–Crippen LogP) is 3.04. The van der Waals surface area contributed by atoms with E-state index in [0.717, 1.165) is 50.6 Å². The maximum Gasteiger partial charge on any atom is 0.274 e. The molecule has 0 atom stereocenters. The highest BCUT2D eigenvalue weighted by Crippen LogP contribution is 2.20. The van der Waals surface area contributed by atoms with E-state index in [4.69, 9.17) is 16.3 Å². The fraction of sp³-hybridized carbons (Fsp3) is 0.368.